The molecular weight excluding hydrogens is 178 g/mol. The van der Waals surface area contributed by atoms with Crippen molar-refractivity contribution in [1.29, 1.82) is 0 Å². The Morgan fingerprint density at radius 2 is 1.57 bits per heavy atom. The van der Waals surface area contributed by atoms with Crippen molar-refractivity contribution < 1.29 is 25.0 Å². The number of hydrogen-bond donors (Lipinski definition) is 1. The summed E-state index contributed by atoms with van der Waals surface area (Å²) in [6, 6.07) is 0. The average Bonchev–Trinajstić information content (AvgIpc) is 1.39. The van der Waals surface area contributed by atoms with E-state index in [4.69, 9.17) is 24.8 Å². The van der Waals surface area contributed by atoms with E-state index in [0.29, 0.717) is 0 Å². The molecule has 7 heavy (non-hydrogen) atoms. The zero-order valence-electron chi connectivity index (χ0n) is 3.77. The standard InChI is InChI=1S/C2H6O.2ClH.O.V/c1-2-3;;;;/h3H,2H2,1H3;2*1H;;/q;;;-2;+2/p-2. The fourth-order valence-corrected chi connectivity index (χ4v) is 0. The predicted molar refractivity (Wildman–Crippen MR) is 25.2 cm³/mol. The van der Waals surface area contributed by atoms with Gasteiger partial charge in [0, 0.05) is 6.61 Å². The Labute approximate surface area is 58.4 Å². The number of rotatable bonds is 0. The summed E-state index contributed by atoms with van der Waals surface area (Å²) in [6.07, 6.45) is 0. The van der Waals surface area contributed by atoms with Crippen molar-refractivity contribution in [3.8, 4) is 0 Å². The predicted octanol–water partition coefficient (Wildman–Crippen LogP) is 1.26. The van der Waals surface area contributed by atoms with Gasteiger partial charge in [0.15, 0.2) is 0 Å². The van der Waals surface area contributed by atoms with Crippen molar-refractivity contribution in [3.63, 3.8) is 0 Å². The molecule has 0 aliphatic carbocycles. The van der Waals surface area contributed by atoms with Gasteiger partial charge in [0.1, 0.15) is 0 Å². The molecule has 2 nitrogen and oxygen atoms in total. The molecule has 0 radical (unpaired) electrons. The second-order valence-electron chi connectivity index (χ2n) is 0.380. The van der Waals surface area contributed by atoms with Gasteiger partial charge in [0.2, 0.25) is 0 Å². The third kappa shape index (κ3) is 156. The molecule has 0 saturated heterocycles. The van der Waals surface area contributed by atoms with E-state index in [9.17, 15) is 0 Å². The minimum absolute atomic E-state index is 0. The number of aliphatic hydroxyl groups is 1. The molecule has 0 unspecified atom stereocenters. The van der Waals surface area contributed by atoms with E-state index in [1.54, 1.807) is 6.92 Å². The molecule has 0 atom stereocenters. The van der Waals surface area contributed by atoms with Crippen LogP contribution in [0.3, 0.4) is 0 Å². The van der Waals surface area contributed by atoms with Gasteiger partial charge in [-0.15, -0.1) is 0 Å². The van der Waals surface area contributed by atoms with E-state index in [-0.39, 0.29) is 26.5 Å². The molecule has 5 heteroatoms. The summed E-state index contributed by atoms with van der Waals surface area (Å²) in [4.78, 5) is 0. The smallest absolute Gasteiger partial charge is 2.00 e. The van der Waals surface area contributed by atoms with Gasteiger partial charge in [-0.2, -0.15) is 0 Å². The molecule has 0 saturated carbocycles. The van der Waals surface area contributed by atoms with E-state index in [1.165, 1.54) is 0 Å². The molecule has 47 valence electrons. The van der Waals surface area contributed by atoms with Crippen LogP contribution >= 0.6 is 19.7 Å². The zero-order chi connectivity index (χ0) is 5.41. The Kier molecular flexibility index (Phi) is 61.8. The molecule has 0 spiro atoms. The van der Waals surface area contributed by atoms with Crippen molar-refractivity contribution in [3.05, 3.63) is 0 Å². The first-order valence-corrected chi connectivity index (χ1v) is 5.20. The Bertz CT molecular complexity index is 15.7. The van der Waals surface area contributed by atoms with Gasteiger partial charge in [-0.3, -0.25) is 0 Å². The summed E-state index contributed by atoms with van der Waals surface area (Å²) in [5.41, 5.74) is 0. The Morgan fingerprint density at radius 1 is 1.57 bits per heavy atom. The monoisotopic (exact) mass is 183 g/mol. The number of hydrogen-bond acceptors (Lipinski definition) is 1. The van der Waals surface area contributed by atoms with Crippen LogP contribution < -0.4 is 0 Å². The normalized spacial score (nSPS) is 4.57. The largest absolute Gasteiger partial charge is 2.00 e. The van der Waals surface area contributed by atoms with Crippen LogP contribution in [0.15, 0.2) is 0 Å². The molecule has 0 aromatic heterocycles. The van der Waals surface area contributed by atoms with Gasteiger partial charge in [0.25, 0.3) is 0 Å². The summed E-state index contributed by atoms with van der Waals surface area (Å²) >= 11 is -0.368. The topological polar surface area (TPSA) is 48.7 Å². The fourth-order valence-electron chi connectivity index (χ4n) is 0. The van der Waals surface area contributed by atoms with Crippen LogP contribution in [0.5, 0.6) is 0 Å². The van der Waals surface area contributed by atoms with E-state index in [1.807, 2.05) is 0 Å². The minimum atomic E-state index is -0.368. The summed E-state index contributed by atoms with van der Waals surface area (Å²) in [5, 5.41) is 7.57. The van der Waals surface area contributed by atoms with E-state index < -0.39 is 0 Å². The molecule has 1 N–H and O–H groups in total. The van der Waals surface area contributed by atoms with Gasteiger partial charge in [0.05, 0.1) is 0 Å². The van der Waals surface area contributed by atoms with Crippen LogP contribution in [0, 0.1) is 0 Å². The van der Waals surface area contributed by atoms with Gasteiger partial charge in [-0.25, -0.2) is 0 Å². The quantitative estimate of drug-likeness (QED) is 0.604. The van der Waals surface area contributed by atoms with E-state index in [2.05, 4.69) is 0 Å². The maximum Gasteiger partial charge on any atom is -2.00 e. The van der Waals surface area contributed by atoms with Crippen molar-refractivity contribution >= 4 is 19.7 Å². The van der Waals surface area contributed by atoms with Crippen molar-refractivity contribution in [1.82, 2.24) is 0 Å². The SMILES string of the molecule is CCO.[Cl][V][Cl].[O-2]. The fraction of sp³-hybridized carbons (Fsp3) is 1.00. The van der Waals surface area contributed by atoms with Crippen LogP contribution in [0.2, 0.25) is 0 Å². The first-order valence-electron chi connectivity index (χ1n) is 1.36. The van der Waals surface area contributed by atoms with E-state index in [0.717, 1.165) is 0 Å². The first-order chi connectivity index (χ1) is 2.83. The molecule has 0 aliphatic heterocycles. The molecule has 0 amide bonds. The van der Waals surface area contributed by atoms with Crippen molar-refractivity contribution in [2.24, 2.45) is 0 Å². The van der Waals surface area contributed by atoms with Crippen LogP contribution in [0.25, 0.3) is 0 Å². The minimum Gasteiger partial charge on any atom is -2.00 e. The zero-order valence-corrected chi connectivity index (χ0v) is 6.67. The first kappa shape index (κ1) is 15.7. The molecule has 0 aromatic carbocycles. The Morgan fingerprint density at radius 3 is 1.57 bits per heavy atom. The number of halogens is 2. The second-order valence-corrected chi connectivity index (χ2v) is 2.69. The summed E-state index contributed by atoms with van der Waals surface area (Å²) < 4.78 is 0. The van der Waals surface area contributed by atoms with Crippen molar-refractivity contribution in [2.45, 2.75) is 6.92 Å². The molecule has 0 fully saturated rings. The third-order valence-corrected chi connectivity index (χ3v) is 0. The molecule has 0 aromatic rings. The van der Waals surface area contributed by atoms with Gasteiger partial charge >= 0.3 is 34.1 Å². The summed E-state index contributed by atoms with van der Waals surface area (Å²) in [5.74, 6) is 0. The average molecular weight is 184 g/mol. The summed E-state index contributed by atoms with van der Waals surface area (Å²) in [6.45, 7) is 1.93. The second kappa shape index (κ2) is 27.6. The molecular formula is C2H6Cl2O2V-2. The summed E-state index contributed by atoms with van der Waals surface area (Å²) in [7, 11) is 9.72. The van der Waals surface area contributed by atoms with Gasteiger partial charge in [-0.1, -0.05) is 0 Å². The van der Waals surface area contributed by atoms with Crippen LogP contribution in [0.4, 0.5) is 0 Å². The Hall–Kier alpha value is 1.08. The number of aliphatic hydroxyl groups excluding tert-OH is 1. The Balaban J connectivity index is -0.0000000400. The molecule has 0 bridgehead atoms. The van der Waals surface area contributed by atoms with Crippen molar-refractivity contribution in [2.75, 3.05) is 6.61 Å². The molecule has 0 heterocycles. The molecule has 0 aliphatic rings. The van der Waals surface area contributed by atoms with E-state index >= 15 is 0 Å². The molecule has 0 rings (SSSR count). The maximum atomic E-state index is 7.57. The van der Waals surface area contributed by atoms with Gasteiger partial charge in [-0.05, 0) is 6.92 Å². The van der Waals surface area contributed by atoms with Crippen LogP contribution in [-0.4, -0.2) is 11.7 Å². The third-order valence-electron chi connectivity index (χ3n) is 0. The van der Waals surface area contributed by atoms with Crippen LogP contribution in [-0.2, 0) is 19.8 Å². The maximum absolute atomic E-state index is 7.57. The van der Waals surface area contributed by atoms with Crippen LogP contribution in [0.1, 0.15) is 6.92 Å². The van der Waals surface area contributed by atoms with Gasteiger partial charge < -0.3 is 10.6 Å².